The van der Waals surface area contributed by atoms with Gasteiger partial charge in [0.15, 0.2) is 5.65 Å². The molecule has 0 radical (unpaired) electrons. The lowest BCUT2D eigenvalue weighted by molar-refractivity contribution is -0.136. The molecule has 0 unspecified atom stereocenters. The summed E-state index contributed by atoms with van der Waals surface area (Å²) in [6.07, 6.45) is -3.16. The molecular weight excluding hydrogens is 357 g/mol. The molecule has 0 spiro atoms. The normalized spacial score (nSPS) is 11.0. The molecule has 1 aromatic carbocycles. The predicted molar refractivity (Wildman–Crippen MR) is 84.5 cm³/mol. The standard InChI is InChI=1S/C14H9F4N3.2ClH/c15-9-4-1-3-8(7-9)11-12(19)21-6-2-5-10(13(21)20-11)14(16,17)18;;/h1-7H,19H2;2*1H. The Balaban J connectivity index is 0.00000132. The summed E-state index contributed by atoms with van der Waals surface area (Å²) in [7, 11) is 0. The maximum atomic E-state index is 13.3. The van der Waals surface area contributed by atoms with E-state index in [-0.39, 0.29) is 42.0 Å². The van der Waals surface area contributed by atoms with Crippen LogP contribution in [-0.2, 0) is 6.18 Å². The van der Waals surface area contributed by atoms with Crippen LogP contribution in [0.2, 0.25) is 0 Å². The summed E-state index contributed by atoms with van der Waals surface area (Å²) in [4.78, 5) is 3.94. The van der Waals surface area contributed by atoms with Gasteiger partial charge in [0.2, 0.25) is 0 Å². The molecule has 2 heterocycles. The lowest BCUT2D eigenvalue weighted by atomic mass is 10.1. The van der Waals surface area contributed by atoms with Crippen LogP contribution in [0.15, 0.2) is 42.6 Å². The number of hydrogen-bond acceptors (Lipinski definition) is 2. The number of rotatable bonds is 1. The maximum Gasteiger partial charge on any atom is 0.419 e. The van der Waals surface area contributed by atoms with Gasteiger partial charge >= 0.3 is 6.18 Å². The summed E-state index contributed by atoms with van der Waals surface area (Å²) in [6.45, 7) is 0. The Morgan fingerprint density at radius 1 is 1.04 bits per heavy atom. The average Bonchev–Trinajstić information content (AvgIpc) is 2.75. The van der Waals surface area contributed by atoms with E-state index in [1.807, 2.05) is 0 Å². The van der Waals surface area contributed by atoms with E-state index in [0.29, 0.717) is 5.56 Å². The van der Waals surface area contributed by atoms with Crippen molar-refractivity contribution >= 4 is 36.3 Å². The molecule has 0 saturated carbocycles. The first-order valence-corrected chi connectivity index (χ1v) is 5.97. The maximum absolute atomic E-state index is 13.3. The monoisotopic (exact) mass is 367 g/mol. The van der Waals surface area contributed by atoms with E-state index in [4.69, 9.17) is 5.73 Å². The van der Waals surface area contributed by atoms with Crippen LogP contribution in [0.5, 0.6) is 0 Å². The highest BCUT2D eigenvalue weighted by atomic mass is 35.5. The number of halogens is 6. The molecular formula is C14H11Cl2F4N3. The molecule has 0 aliphatic carbocycles. The van der Waals surface area contributed by atoms with Crippen LogP contribution in [0.1, 0.15) is 5.56 Å². The van der Waals surface area contributed by atoms with Gasteiger partial charge in [-0.25, -0.2) is 9.37 Å². The van der Waals surface area contributed by atoms with E-state index < -0.39 is 17.6 Å². The molecule has 3 nitrogen and oxygen atoms in total. The van der Waals surface area contributed by atoms with Crippen LogP contribution in [-0.4, -0.2) is 9.38 Å². The van der Waals surface area contributed by atoms with Crippen LogP contribution >= 0.6 is 24.8 Å². The van der Waals surface area contributed by atoms with Crippen molar-refractivity contribution in [1.29, 1.82) is 0 Å². The number of hydrogen-bond donors (Lipinski definition) is 1. The Bertz CT molecular complexity index is 830. The van der Waals surface area contributed by atoms with Gasteiger partial charge < -0.3 is 5.73 Å². The van der Waals surface area contributed by atoms with Crippen LogP contribution in [0.25, 0.3) is 16.9 Å². The van der Waals surface area contributed by atoms with Crippen molar-refractivity contribution in [2.45, 2.75) is 6.18 Å². The number of imidazole rings is 1. The number of benzene rings is 1. The summed E-state index contributed by atoms with van der Waals surface area (Å²) >= 11 is 0. The predicted octanol–water partition coefficient (Wildman–Crippen LogP) is 4.59. The number of nitrogens with two attached hydrogens (primary N) is 1. The summed E-state index contributed by atoms with van der Waals surface area (Å²) in [5, 5.41) is 0. The van der Waals surface area contributed by atoms with Crippen molar-refractivity contribution in [3.8, 4) is 11.3 Å². The van der Waals surface area contributed by atoms with Gasteiger partial charge in [-0.1, -0.05) is 12.1 Å². The third-order valence-corrected chi connectivity index (χ3v) is 3.09. The number of nitrogen functional groups attached to an aromatic ring is 1. The van der Waals surface area contributed by atoms with E-state index in [1.165, 1.54) is 36.5 Å². The first kappa shape index (κ1) is 19.1. The fraction of sp³-hybridized carbons (Fsp3) is 0.0714. The first-order chi connectivity index (χ1) is 9.88. The zero-order chi connectivity index (χ0) is 15.2. The van der Waals surface area contributed by atoms with Crippen LogP contribution in [0.4, 0.5) is 23.4 Å². The minimum atomic E-state index is -4.54. The van der Waals surface area contributed by atoms with Crippen LogP contribution < -0.4 is 5.73 Å². The zero-order valence-corrected chi connectivity index (χ0v) is 13.0. The Morgan fingerprint density at radius 2 is 1.74 bits per heavy atom. The SMILES string of the molecule is Cl.Cl.Nc1c(-c2cccc(F)c2)nc2c(C(F)(F)F)cccn12. The fourth-order valence-corrected chi connectivity index (χ4v) is 2.16. The topological polar surface area (TPSA) is 43.3 Å². The third-order valence-electron chi connectivity index (χ3n) is 3.09. The number of aromatic nitrogens is 2. The second kappa shape index (κ2) is 6.64. The molecule has 2 N–H and O–H groups in total. The highest BCUT2D eigenvalue weighted by Gasteiger charge is 2.34. The summed E-state index contributed by atoms with van der Waals surface area (Å²) < 4.78 is 53.3. The number of nitrogens with zero attached hydrogens (tertiary/aromatic N) is 2. The lowest BCUT2D eigenvalue weighted by Gasteiger charge is -2.07. The smallest absolute Gasteiger partial charge is 0.383 e. The van der Waals surface area contributed by atoms with Crippen molar-refractivity contribution in [2.75, 3.05) is 5.73 Å². The molecule has 0 saturated heterocycles. The van der Waals surface area contributed by atoms with E-state index in [9.17, 15) is 17.6 Å². The summed E-state index contributed by atoms with van der Waals surface area (Å²) in [5.74, 6) is -0.485. The van der Waals surface area contributed by atoms with Crippen molar-refractivity contribution in [3.63, 3.8) is 0 Å². The molecule has 0 aliphatic rings. The average molecular weight is 368 g/mol. The molecule has 3 rings (SSSR count). The van der Waals surface area contributed by atoms with Gasteiger partial charge in [0.05, 0.1) is 5.56 Å². The Labute approximate surface area is 140 Å². The van der Waals surface area contributed by atoms with Crippen LogP contribution in [0.3, 0.4) is 0 Å². The van der Waals surface area contributed by atoms with Crippen LogP contribution in [0, 0.1) is 5.82 Å². The Kier molecular flexibility index (Phi) is 5.50. The number of anilines is 1. The molecule has 0 bridgehead atoms. The first-order valence-electron chi connectivity index (χ1n) is 5.97. The third kappa shape index (κ3) is 3.35. The van der Waals surface area contributed by atoms with Gasteiger partial charge in [0.25, 0.3) is 0 Å². The molecule has 23 heavy (non-hydrogen) atoms. The van der Waals surface area contributed by atoms with Gasteiger partial charge in [-0.3, -0.25) is 4.40 Å². The number of fused-ring (bicyclic) bond motifs is 1. The molecule has 2 aromatic heterocycles. The van der Waals surface area contributed by atoms with Gasteiger partial charge in [-0.05, 0) is 24.3 Å². The quantitative estimate of drug-likeness (QED) is 0.639. The van der Waals surface area contributed by atoms with E-state index >= 15 is 0 Å². The van der Waals surface area contributed by atoms with E-state index in [1.54, 1.807) is 0 Å². The van der Waals surface area contributed by atoms with Gasteiger partial charge in [-0.15, -0.1) is 24.8 Å². The molecule has 9 heteroatoms. The van der Waals surface area contributed by atoms with Crippen molar-refractivity contribution in [3.05, 3.63) is 54.0 Å². The van der Waals surface area contributed by atoms with Crippen molar-refractivity contribution in [1.82, 2.24) is 9.38 Å². The molecule has 0 amide bonds. The highest BCUT2D eigenvalue weighted by molar-refractivity contribution is 5.85. The second-order valence-corrected chi connectivity index (χ2v) is 4.47. The summed E-state index contributed by atoms with van der Waals surface area (Å²) in [6, 6.07) is 7.55. The van der Waals surface area contributed by atoms with Crippen molar-refractivity contribution < 1.29 is 17.6 Å². The molecule has 0 aliphatic heterocycles. The Morgan fingerprint density at radius 3 is 2.35 bits per heavy atom. The van der Waals surface area contributed by atoms with Gasteiger partial charge in [0.1, 0.15) is 17.3 Å². The van der Waals surface area contributed by atoms with E-state index in [0.717, 1.165) is 10.5 Å². The summed E-state index contributed by atoms with van der Waals surface area (Å²) in [5.41, 5.74) is 5.09. The molecule has 0 atom stereocenters. The minimum absolute atomic E-state index is 0. The van der Waals surface area contributed by atoms with Gasteiger partial charge in [-0.2, -0.15) is 13.2 Å². The largest absolute Gasteiger partial charge is 0.419 e. The molecule has 3 aromatic rings. The zero-order valence-electron chi connectivity index (χ0n) is 11.3. The minimum Gasteiger partial charge on any atom is -0.383 e. The van der Waals surface area contributed by atoms with Crippen molar-refractivity contribution in [2.24, 2.45) is 0 Å². The number of alkyl halides is 3. The molecule has 0 fully saturated rings. The molecule has 124 valence electrons. The highest BCUT2D eigenvalue weighted by Crippen LogP contribution is 2.35. The fourth-order valence-electron chi connectivity index (χ4n) is 2.16. The Hall–Kier alpha value is -1.99. The lowest BCUT2D eigenvalue weighted by Crippen LogP contribution is -2.07. The van der Waals surface area contributed by atoms with Gasteiger partial charge in [0, 0.05) is 11.8 Å². The van der Waals surface area contributed by atoms with E-state index in [2.05, 4.69) is 4.98 Å². The second-order valence-electron chi connectivity index (χ2n) is 4.47. The number of pyridine rings is 1.